The number of rotatable bonds is 4. The number of halogens is 3. The van der Waals surface area contributed by atoms with Gasteiger partial charge in [-0.1, -0.05) is 23.2 Å². The van der Waals surface area contributed by atoms with Crippen molar-refractivity contribution in [3.8, 4) is 0 Å². The molecule has 26 heavy (non-hydrogen) atoms. The van der Waals surface area contributed by atoms with Crippen LogP contribution in [-0.4, -0.2) is 23.4 Å². The van der Waals surface area contributed by atoms with Gasteiger partial charge in [0.1, 0.15) is 0 Å². The number of hydrogen-bond donors (Lipinski definition) is 1. The normalized spacial score (nSPS) is 34.6. The molecular formula is C19H20Cl3NO3. The average molecular weight is 417 g/mol. The third-order valence-electron chi connectivity index (χ3n) is 5.96. The Hall–Kier alpha value is -0.970. The van der Waals surface area contributed by atoms with Crippen LogP contribution in [0.2, 0.25) is 10.0 Å². The van der Waals surface area contributed by atoms with Gasteiger partial charge >= 0.3 is 5.97 Å². The van der Waals surface area contributed by atoms with E-state index in [1.165, 1.54) is 6.42 Å². The quantitative estimate of drug-likeness (QED) is 0.552. The van der Waals surface area contributed by atoms with E-state index in [1.807, 2.05) is 0 Å². The van der Waals surface area contributed by atoms with E-state index >= 15 is 0 Å². The van der Waals surface area contributed by atoms with Crippen LogP contribution in [0.5, 0.6) is 0 Å². The minimum atomic E-state index is -0.504. The third-order valence-corrected chi connectivity index (χ3v) is 7.14. The molecule has 140 valence electrons. The first kappa shape index (κ1) is 18.4. The van der Waals surface area contributed by atoms with Crippen LogP contribution in [0, 0.1) is 17.3 Å². The topological polar surface area (TPSA) is 55.4 Å². The van der Waals surface area contributed by atoms with Gasteiger partial charge in [-0.3, -0.25) is 9.59 Å². The lowest BCUT2D eigenvalue weighted by molar-refractivity contribution is -0.171. The molecule has 5 rings (SSSR count). The SMILES string of the molecule is O=C(COC(=O)C12C[C@@H]3C[C@@H](CC(Cl)(C3)C1)C2)Nc1ccc(Cl)c(Cl)c1. The number of anilines is 1. The summed E-state index contributed by atoms with van der Waals surface area (Å²) in [5.74, 6) is 0.334. The first-order valence-corrected chi connectivity index (χ1v) is 10.0. The zero-order chi connectivity index (χ0) is 18.5. The van der Waals surface area contributed by atoms with Crippen molar-refractivity contribution >= 4 is 52.4 Å². The van der Waals surface area contributed by atoms with Gasteiger partial charge < -0.3 is 10.1 Å². The fraction of sp³-hybridized carbons (Fsp3) is 0.579. The van der Waals surface area contributed by atoms with Crippen molar-refractivity contribution in [1.29, 1.82) is 0 Å². The Morgan fingerprint density at radius 2 is 1.81 bits per heavy atom. The highest BCUT2D eigenvalue weighted by atomic mass is 35.5. The maximum absolute atomic E-state index is 12.8. The van der Waals surface area contributed by atoms with E-state index in [-0.39, 0.29) is 17.5 Å². The van der Waals surface area contributed by atoms with Crippen molar-refractivity contribution in [2.24, 2.45) is 17.3 Å². The number of nitrogens with one attached hydrogen (secondary N) is 1. The molecule has 0 radical (unpaired) electrons. The lowest BCUT2D eigenvalue weighted by Gasteiger charge is -2.58. The molecule has 0 saturated heterocycles. The molecule has 1 aromatic carbocycles. The van der Waals surface area contributed by atoms with Crippen LogP contribution in [0.1, 0.15) is 38.5 Å². The van der Waals surface area contributed by atoms with Crippen LogP contribution >= 0.6 is 34.8 Å². The van der Waals surface area contributed by atoms with Gasteiger partial charge in [-0.15, -0.1) is 11.6 Å². The summed E-state index contributed by atoms with van der Waals surface area (Å²) < 4.78 is 5.39. The average Bonchev–Trinajstić information content (AvgIpc) is 2.53. The van der Waals surface area contributed by atoms with Gasteiger partial charge in [-0.25, -0.2) is 0 Å². The maximum atomic E-state index is 12.8. The van der Waals surface area contributed by atoms with Gasteiger partial charge in [-0.2, -0.15) is 0 Å². The van der Waals surface area contributed by atoms with E-state index in [0.29, 0.717) is 34.0 Å². The van der Waals surface area contributed by atoms with Crippen LogP contribution in [0.25, 0.3) is 0 Å². The summed E-state index contributed by atoms with van der Waals surface area (Å²) >= 11 is 18.5. The number of ether oxygens (including phenoxy) is 1. The number of alkyl halides is 1. The second kappa shape index (κ2) is 6.57. The standard InChI is InChI=1S/C19H20Cl3NO3/c20-14-2-1-13(4-15(14)21)23-16(24)9-26-17(25)18-5-11-3-12(6-18)8-19(22,7-11)10-18/h1-2,4,11-12H,3,5-10H2,(H,23,24)/t11-,12+,18?,19?. The smallest absolute Gasteiger partial charge is 0.312 e. The summed E-state index contributed by atoms with van der Waals surface area (Å²) in [7, 11) is 0. The van der Waals surface area contributed by atoms with Gasteiger partial charge in [0.15, 0.2) is 6.61 Å². The lowest BCUT2D eigenvalue weighted by Crippen LogP contribution is -2.56. The minimum Gasteiger partial charge on any atom is -0.455 e. The molecule has 0 spiro atoms. The van der Waals surface area contributed by atoms with Gasteiger partial charge in [0.2, 0.25) is 0 Å². The molecule has 4 nitrogen and oxygen atoms in total. The van der Waals surface area contributed by atoms with Crippen molar-refractivity contribution in [2.75, 3.05) is 11.9 Å². The molecule has 4 aliphatic carbocycles. The molecule has 4 aliphatic rings. The Bertz CT molecular complexity index is 752. The van der Waals surface area contributed by atoms with E-state index < -0.39 is 11.3 Å². The Labute approximate surface area is 167 Å². The number of carbonyl (C=O) groups is 2. The van der Waals surface area contributed by atoms with Crippen LogP contribution < -0.4 is 5.32 Å². The van der Waals surface area contributed by atoms with E-state index in [9.17, 15) is 9.59 Å². The highest BCUT2D eigenvalue weighted by Gasteiger charge is 2.60. The monoisotopic (exact) mass is 415 g/mol. The Balaban J connectivity index is 1.36. The number of esters is 1. The lowest BCUT2D eigenvalue weighted by atomic mass is 9.49. The number of benzene rings is 1. The molecule has 0 aromatic heterocycles. The Morgan fingerprint density at radius 3 is 2.42 bits per heavy atom. The van der Waals surface area contributed by atoms with Gasteiger partial charge in [0.25, 0.3) is 5.91 Å². The molecule has 4 bridgehead atoms. The van der Waals surface area contributed by atoms with Crippen LogP contribution in [0.4, 0.5) is 5.69 Å². The van der Waals surface area contributed by atoms with E-state index in [2.05, 4.69) is 5.32 Å². The molecule has 7 heteroatoms. The Morgan fingerprint density at radius 1 is 1.12 bits per heavy atom. The van der Waals surface area contributed by atoms with E-state index in [4.69, 9.17) is 39.5 Å². The number of carbonyl (C=O) groups excluding carboxylic acids is 2. The van der Waals surface area contributed by atoms with Crippen molar-refractivity contribution < 1.29 is 14.3 Å². The van der Waals surface area contributed by atoms with Gasteiger partial charge in [0, 0.05) is 10.6 Å². The zero-order valence-corrected chi connectivity index (χ0v) is 16.5. The van der Waals surface area contributed by atoms with Crippen LogP contribution in [0.3, 0.4) is 0 Å². The molecule has 4 atom stereocenters. The molecule has 4 fully saturated rings. The summed E-state index contributed by atoms with van der Waals surface area (Å²) in [6.07, 6.45) is 5.51. The predicted octanol–water partition coefficient (Wildman–Crippen LogP) is 5.05. The second-order valence-corrected chi connectivity index (χ2v) is 9.76. The van der Waals surface area contributed by atoms with Crippen molar-refractivity contribution in [3.63, 3.8) is 0 Å². The molecule has 4 saturated carbocycles. The predicted molar refractivity (Wildman–Crippen MR) is 102 cm³/mol. The van der Waals surface area contributed by atoms with Crippen molar-refractivity contribution in [1.82, 2.24) is 0 Å². The number of hydrogen-bond acceptors (Lipinski definition) is 3. The Kier molecular flexibility index (Phi) is 4.65. The van der Waals surface area contributed by atoms with Crippen molar-refractivity contribution in [2.45, 2.75) is 43.4 Å². The molecule has 0 aliphatic heterocycles. The van der Waals surface area contributed by atoms with E-state index in [0.717, 1.165) is 25.7 Å². The van der Waals surface area contributed by atoms with E-state index in [1.54, 1.807) is 18.2 Å². The summed E-state index contributed by atoms with van der Waals surface area (Å²) in [4.78, 5) is 24.6. The first-order valence-electron chi connectivity index (χ1n) is 8.88. The maximum Gasteiger partial charge on any atom is 0.312 e. The molecule has 1 amide bonds. The summed E-state index contributed by atoms with van der Waals surface area (Å²) in [6, 6.07) is 4.80. The zero-order valence-electron chi connectivity index (χ0n) is 14.2. The van der Waals surface area contributed by atoms with Crippen LogP contribution in [0.15, 0.2) is 18.2 Å². The van der Waals surface area contributed by atoms with Gasteiger partial charge in [0.05, 0.1) is 15.5 Å². The second-order valence-electron chi connectivity index (χ2n) is 8.15. The number of amides is 1. The third kappa shape index (κ3) is 3.44. The largest absolute Gasteiger partial charge is 0.455 e. The summed E-state index contributed by atoms with van der Waals surface area (Å²) in [6.45, 7) is -0.314. The highest BCUT2D eigenvalue weighted by molar-refractivity contribution is 6.42. The summed E-state index contributed by atoms with van der Waals surface area (Å²) in [5, 5.41) is 3.42. The molecule has 2 unspecified atom stereocenters. The minimum absolute atomic E-state index is 0.259. The van der Waals surface area contributed by atoms with Crippen LogP contribution in [-0.2, 0) is 14.3 Å². The highest BCUT2D eigenvalue weighted by Crippen LogP contribution is 2.64. The first-order chi connectivity index (χ1) is 12.3. The van der Waals surface area contributed by atoms with Gasteiger partial charge in [-0.05, 0) is 68.6 Å². The van der Waals surface area contributed by atoms with Crippen molar-refractivity contribution in [3.05, 3.63) is 28.2 Å². The molecule has 1 N–H and O–H groups in total. The fourth-order valence-electron chi connectivity index (χ4n) is 5.44. The molecule has 0 heterocycles. The molecular weight excluding hydrogens is 397 g/mol. The molecule has 1 aromatic rings. The fourth-order valence-corrected chi connectivity index (χ4v) is 6.44. The summed E-state index contributed by atoms with van der Waals surface area (Å²) in [5.41, 5.74) is 0.00495.